The van der Waals surface area contributed by atoms with Crippen molar-refractivity contribution in [2.24, 2.45) is 0 Å². The predicted molar refractivity (Wildman–Crippen MR) is 80.4 cm³/mol. The van der Waals surface area contributed by atoms with Crippen molar-refractivity contribution in [3.05, 3.63) is 52.8 Å². The molecule has 0 aliphatic rings. The van der Waals surface area contributed by atoms with Crippen LogP contribution in [0.2, 0.25) is 5.02 Å². The molecule has 0 aliphatic carbocycles. The van der Waals surface area contributed by atoms with E-state index in [9.17, 15) is 5.11 Å². The van der Waals surface area contributed by atoms with Gasteiger partial charge < -0.3 is 10.4 Å². The summed E-state index contributed by atoms with van der Waals surface area (Å²) in [6.45, 7) is 2.18. The van der Waals surface area contributed by atoms with Crippen molar-refractivity contribution in [2.45, 2.75) is 13.0 Å². The highest BCUT2D eigenvalue weighted by Crippen LogP contribution is 2.17. The number of halogens is 1. The van der Waals surface area contributed by atoms with Gasteiger partial charge in [-0.1, -0.05) is 23.7 Å². The quantitative estimate of drug-likeness (QED) is 0.773. The van der Waals surface area contributed by atoms with Gasteiger partial charge in [-0.25, -0.2) is 0 Å². The zero-order chi connectivity index (χ0) is 14.8. The van der Waals surface area contributed by atoms with Gasteiger partial charge in [0.25, 0.3) is 0 Å². The van der Waals surface area contributed by atoms with Crippen molar-refractivity contribution < 1.29 is 5.11 Å². The van der Waals surface area contributed by atoms with Gasteiger partial charge in [-0.15, -0.1) is 15.3 Å². The van der Waals surface area contributed by atoms with Crippen LogP contribution in [0.1, 0.15) is 17.5 Å². The molecule has 1 unspecified atom stereocenters. The molecule has 0 fully saturated rings. The maximum absolute atomic E-state index is 10.1. The first-order valence-electron chi connectivity index (χ1n) is 6.50. The topological polar surface area (TPSA) is 75.3 Å². The molecule has 0 bridgehead atoms. The van der Waals surface area contributed by atoms with Crippen LogP contribution >= 0.6 is 11.6 Å². The number of aromatic nitrogens is 4. The highest BCUT2D eigenvalue weighted by atomic mass is 35.5. The van der Waals surface area contributed by atoms with Crippen molar-refractivity contribution >= 4 is 23.1 Å². The molecule has 0 radical (unpaired) electrons. The molecule has 7 heteroatoms. The second-order valence-electron chi connectivity index (χ2n) is 4.68. The molecule has 6 nitrogen and oxygen atoms in total. The lowest BCUT2D eigenvalue weighted by Crippen LogP contribution is -2.13. The highest BCUT2D eigenvalue weighted by Gasteiger charge is 2.08. The number of nitrogens with zero attached hydrogens (tertiary/aromatic N) is 4. The van der Waals surface area contributed by atoms with Crippen LogP contribution in [0.4, 0.5) is 5.82 Å². The number of aryl methyl sites for hydroxylation is 1. The maximum Gasteiger partial charge on any atom is 0.178 e. The molecule has 3 rings (SSSR count). The average molecular weight is 304 g/mol. The number of aliphatic hydroxyl groups excluding tert-OH is 1. The summed E-state index contributed by atoms with van der Waals surface area (Å²) in [6, 6.07) is 10.7. The smallest absolute Gasteiger partial charge is 0.178 e. The van der Waals surface area contributed by atoms with Crippen molar-refractivity contribution in [1.82, 2.24) is 19.8 Å². The van der Waals surface area contributed by atoms with Crippen LogP contribution in [-0.4, -0.2) is 31.5 Å². The lowest BCUT2D eigenvalue weighted by atomic mass is 10.1. The van der Waals surface area contributed by atoms with Gasteiger partial charge >= 0.3 is 0 Å². The molecule has 0 amide bonds. The van der Waals surface area contributed by atoms with Gasteiger partial charge in [-0.3, -0.25) is 0 Å². The number of nitrogens with one attached hydrogen (secondary N) is 1. The molecule has 21 heavy (non-hydrogen) atoms. The summed E-state index contributed by atoms with van der Waals surface area (Å²) < 4.78 is 1.65. The van der Waals surface area contributed by atoms with Gasteiger partial charge in [0.2, 0.25) is 0 Å². The lowest BCUT2D eigenvalue weighted by molar-refractivity contribution is 0.191. The van der Waals surface area contributed by atoms with Crippen molar-refractivity contribution in [3.63, 3.8) is 0 Å². The van der Waals surface area contributed by atoms with Crippen molar-refractivity contribution in [2.75, 3.05) is 11.9 Å². The Morgan fingerprint density at radius 3 is 2.71 bits per heavy atom. The molecule has 1 aromatic carbocycles. The zero-order valence-corrected chi connectivity index (χ0v) is 12.1. The summed E-state index contributed by atoms with van der Waals surface area (Å²) in [5, 5.41) is 26.2. The van der Waals surface area contributed by atoms with E-state index in [1.165, 1.54) is 0 Å². The number of rotatable bonds is 4. The van der Waals surface area contributed by atoms with Crippen LogP contribution in [0.15, 0.2) is 36.4 Å². The number of aliphatic hydroxyl groups is 1. The van der Waals surface area contributed by atoms with Crippen LogP contribution in [0.25, 0.3) is 5.65 Å². The van der Waals surface area contributed by atoms with Crippen LogP contribution in [0.5, 0.6) is 0 Å². The van der Waals surface area contributed by atoms with Gasteiger partial charge in [-0.05, 0) is 36.8 Å². The minimum atomic E-state index is -0.637. The van der Waals surface area contributed by atoms with E-state index in [0.29, 0.717) is 28.9 Å². The van der Waals surface area contributed by atoms with E-state index in [1.54, 1.807) is 34.8 Å². The van der Waals surface area contributed by atoms with Crippen molar-refractivity contribution in [3.8, 4) is 0 Å². The summed E-state index contributed by atoms with van der Waals surface area (Å²) >= 11 is 5.83. The molecular weight excluding hydrogens is 290 g/mol. The number of anilines is 1. The SMILES string of the molecule is Cc1nnc2ccc(NCC(O)c3ccc(Cl)cc3)nn12. The van der Waals surface area contributed by atoms with Crippen molar-refractivity contribution in [1.29, 1.82) is 0 Å². The molecule has 0 saturated carbocycles. The van der Waals surface area contributed by atoms with Gasteiger partial charge in [0.1, 0.15) is 5.82 Å². The third kappa shape index (κ3) is 2.96. The van der Waals surface area contributed by atoms with Crippen LogP contribution in [0, 0.1) is 6.92 Å². The lowest BCUT2D eigenvalue weighted by Gasteiger charge is -2.12. The fourth-order valence-electron chi connectivity index (χ4n) is 1.99. The third-order valence-electron chi connectivity index (χ3n) is 3.15. The van der Waals surface area contributed by atoms with E-state index in [2.05, 4.69) is 20.6 Å². The van der Waals surface area contributed by atoms with Gasteiger partial charge in [0.15, 0.2) is 11.5 Å². The Kier molecular flexibility index (Phi) is 3.72. The van der Waals surface area contributed by atoms with Gasteiger partial charge in [0, 0.05) is 11.6 Å². The standard InChI is InChI=1S/C14H14ClN5O/c1-9-17-18-14-7-6-13(19-20(9)14)16-8-12(21)10-2-4-11(15)5-3-10/h2-7,12,21H,8H2,1H3,(H,16,19). The minimum Gasteiger partial charge on any atom is -0.387 e. The van der Waals surface area contributed by atoms with E-state index >= 15 is 0 Å². The summed E-state index contributed by atoms with van der Waals surface area (Å²) in [5.74, 6) is 1.37. The molecule has 2 N–H and O–H groups in total. The van der Waals surface area contributed by atoms with E-state index < -0.39 is 6.10 Å². The first-order valence-corrected chi connectivity index (χ1v) is 6.88. The van der Waals surface area contributed by atoms with E-state index in [4.69, 9.17) is 11.6 Å². The normalized spacial score (nSPS) is 12.5. The van der Waals surface area contributed by atoms with Gasteiger partial charge in [-0.2, -0.15) is 4.52 Å². The minimum absolute atomic E-state index is 0.349. The fraction of sp³-hybridized carbons (Fsp3) is 0.214. The van der Waals surface area contributed by atoms with Gasteiger partial charge in [0.05, 0.1) is 6.10 Å². The Labute approximate surface area is 126 Å². The summed E-state index contributed by atoms with van der Waals surface area (Å²) in [6.07, 6.45) is -0.637. The number of hydrogen-bond donors (Lipinski definition) is 2. The molecule has 0 spiro atoms. The average Bonchev–Trinajstić information content (AvgIpc) is 2.87. The maximum atomic E-state index is 10.1. The van der Waals surface area contributed by atoms with Crippen LogP contribution in [-0.2, 0) is 0 Å². The molecule has 1 atom stereocenters. The first-order chi connectivity index (χ1) is 10.1. The van der Waals surface area contributed by atoms with Crippen LogP contribution in [0.3, 0.4) is 0 Å². The second kappa shape index (κ2) is 5.67. The van der Waals surface area contributed by atoms with E-state index in [1.807, 2.05) is 13.0 Å². The van der Waals surface area contributed by atoms with E-state index in [-0.39, 0.29) is 0 Å². The predicted octanol–water partition coefficient (Wildman–Crippen LogP) is 2.23. The molecule has 2 aromatic heterocycles. The largest absolute Gasteiger partial charge is 0.387 e. The summed E-state index contributed by atoms with van der Waals surface area (Å²) in [4.78, 5) is 0. The Morgan fingerprint density at radius 1 is 1.19 bits per heavy atom. The second-order valence-corrected chi connectivity index (χ2v) is 5.12. The Hall–Kier alpha value is -2.18. The van der Waals surface area contributed by atoms with E-state index in [0.717, 1.165) is 5.56 Å². The molecule has 2 heterocycles. The fourth-order valence-corrected chi connectivity index (χ4v) is 2.12. The molecule has 108 valence electrons. The summed E-state index contributed by atoms with van der Waals surface area (Å²) in [7, 11) is 0. The Morgan fingerprint density at radius 2 is 1.95 bits per heavy atom. The third-order valence-corrected chi connectivity index (χ3v) is 3.40. The van der Waals surface area contributed by atoms with Crippen LogP contribution < -0.4 is 5.32 Å². The highest BCUT2D eigenvalue weighted by molar-refractivity contribution is 6.30. The molecule has 0 aliphatic heterocycles. The zero-order valence-electron chi connectivity index (χ0n) is 11.4. The first kappa shape index (κ1) is 13.8. The molecular formula is C14H14ClN5O. The monoisotopic (exact) mass is 303 g/mol. The number of fused-ring (bicyclic) bond motifs is 1. The Bertz CT molecular complexity index is 756. The number of hydrogen-bond acceptors (Lipinski definition) is 5. The Balaban J connectivity index is 1.70. The number of benzene rings is 1. The molecule has 0 saturated heterocycles. The summed E-state index contributed by atoms with van der Waals surface area (Å²) in [5.41, 5.74) is 1.49. The molecule has 3 aromatic rings.